The summed E-state index contributed by atoms with van der Waals surface area (Å²) in [6.45, 7) is 3.25. The summed E-state index contributed by atoms with van der Waals surface area (Å²) in [5.74, 6) is -0.514. The lowest BCUT2D eigenvalue weighted by Crippen LogP contribution is -2.46. The molecular weight excluding hydrogens is 433 g/mol. The van der Waals surface area contributed by atoms with Crippen molar-refractivity contribution in [2.75, 3.05) is 31.1 Å². The Labute approximate surface area is 197 Å². The number of carbonyl (C=O) groups excluding carboxylic acids is 1. The smallest absolute Gasteiger partial charge is 0.269 e. The molecule has 3 aromatic carbocycles. The van der Waals surface area contributed by atoms with Gasteiger partial charge in [0, 0.05) is 41.9 Å². The van der Waals surface area contributed by atoms with Crippen LogP contribution in [-0.4, -0.2) is 41.9 Å². The molecule has 0 unspecified atom stereocenters. The van der Waals surface area contributed by atoms with Gasteiger partial charge in [0.1, 0.15) is 5.82 Å². The van der Waals surface area contributed by atoms with Crippen molar-refractivity contribution in [2.45, 2.75) is 24.7 Å². The van der Waals surface area contributed by atoms with E-state index in [1.54, 1.807) is 17.0 Å². The molecule has 174 valence electrons. The monoisotopic (exact) mass is 459 g/mol. The van der Waals surface area contributed by atoms with Gasteiger partial charge in [-0.2, -0.15) is 0 Å². The Morgan fingerprint density at radius 3 is 2.38 bits per heavy atom. The van der Waals surface area contributed by atoms with E-state index in [4.69, 9.17) is 0 Å². The highest BCUT2D eigenvalue weighted by molar-refractivity contribution is 6.07. The molecule has 2 aliphatic rings. The lowest BCUT2D eigenvalue weighted by atomic mass is 9.74. The summed E-state index contributed by atoms with van der Waals surface area (Å²) in [4.78, 5) is 28.0. The van der Waals surface area contributed by atoms with Gasteiger partial charge in [0.15, 0.2) is 0 Å². The zero-order valence-electron chi connectivity index (χ0n) is 18.8. The van der Waals surface area contributed by atoms with Crippen LogP contribution >= 0.6 is 0 Å². The molecule has 34 heavy (non-hydrogen) atoms. The van der Waals surface area contributed by atoms with Crippen molar-refractivity contribution < 1.29 is 14.1 Å². The highest BCUT2D eigenvalue weighted by Gasteiger charge is 2.46. The Kier molecular flexibility index (Phi) is 5.87. The summed E-state index contributed by atoms with van der Waals surface area (Å²) in [6, 6.07) is 20.7. The van der Waals surface area contributed by atoms with Crippen LogP contribution in [0.25, 0.3) is 0 Å². The molecule has 0 bridgehead atoms. The van der Waals surface area contributed by atoms with Gasteiger partial charge in [-0.3, -0.25) is 14.9 Å². The van der Waals surface area contributed by atoms with Gasteiger partial charge in [0.25, 0.3) is 11.6 Å². The number of rotatable bonds is 5. The second-order valence-electron chi connectivity index (χ2n) is 9.21. The van der Waals surface area contributed by atoms with Gasteiger partial charge >= 0.3 is 0 Å². The Bertz CT molecular complexity index is 1210. The van der Waals surface area contributed by atoms with Crippen LogP contribution in [0.2, 0.25) is 0 Å². The third kappa shape index (κ3) is 4.19. The summed E-state index contributed by atoms with van der Waals surface area (Å²) in [7, 11) is 0. The number of piperidine rings is 1. The van der Waals surface area contributed by atoms with Crippen LogP contribution in [0, 0.1) is 15.9 Å². The average Bonchev–Trinajstić information content (AvgIpc) is 3.17. The molecule has 5 rings (SSSR count). The van der Waals surface area contributed by atoms with Crippen LogP contribution in [0.3, 0.4) is 0 Å². The fraction of sp³-hybridized carbons (Fsp3) is 0.296. The van der Waals surface area contributed by atoms with Crippen LogP contribution in [0.1, 0.15) is 34.3 Å². The maximum absolute atomic E-state index is 14.3. The molecule has 1 amide bonds. The summed E-state index contributed by atoms with van der Waals surface area (Å²) < 4.78 is 14.3. The quantitative estimate of drug-likeness (QED) is 0.399. The molecule has 6 nitrogen and oxygen atoms in total. The maximum Gasteiger partial charge on any atom is 0.269 e. The number of fused-ring (bicyclic) bond motifs is 2. The average molecular weight is 460 g/mol. The van der Waals surface area contributed by atoms with Crippen molar-refractivity contribution in [1.82, 2.24) is 4.90 Å². The first kappa shape index (κ1) is 22.2. The van der Waals surface area contributed by atoms with Gasteiger partial charge in [0.05, 0.1) is 4.92 Å². The van der Waals surface area contributed by atoms with Crippen molar-refractivity contribution in [2.24, 2.45) is 0 Å². The van der Waals surface area contributed by atoms with Gasteiger partial charge in [-0.05, 0) is 73.8 Å². The molecule has 2 aliphatic heterocycles. The van der Waals surface area contributed by atoms with Gasteiger partial charge in [-0.25, -0.2) is 4.39 Å². The van der Waals surface area contributed by atoms with E-state index < -0.39 is 4.92 Å². The van der Waals surface area contributed by atoms with E-state index in [1.165, 1.54) is 35.9 Å². The molecule has 0 N–H and O–H groups in total. The van der Waals surface area contributed by atoms with E-state index in [2.05, 4.69) is 29.2 Å². The van der Waals surface area contributed by atoms with Gasteiger partial charge < -0.3 is 9.80 Å². The molecule has 0 aliphatic carbocycles. The Balaban J connectivity index is 1.34. The molecular formula is C27H26FN3O3. The molecule has 3 aromatic rings. The summed E-state index contributed by atoms with van der Waals surface area (Å²) in [6.07, 6.45) is 2.69. The number of hydrogen-bond acceptors (Lipinski definition) is 4. The zero-order chi connectivity index (χ0) is 23.7. The standard InChI is InChI=1S/C27H26FN3O3/c28-22-8-11-25-24(18-22)27(13-16-29(17-14-27)15-12-20-4-2-1-3-5-20)19-30(25)26(32)21-6-9-23(10-7-21)31(33)34/h1-11,18H,12-17,19H2. The topological polar surface area (TPSA) is 66.7 Å². The maximum atomic E-state index is 14.3. The second kappa shape index (κ2) is 8.99. The molecule has 0 aromatic heterocycles. The van der Waals surface area contributed by atoms with Crippen molar-refractivity contribution in [3.8, 4) is 0 Å². The highest BCUT2D eigenvalue weighted by atomic mass is 19.1. The summed E-state index contributed by atoms with van der Waals surface area (Å²) in [5.41, 5.74) is 3.00. The van der Waals surface area contributed by atoms with Crippen LogP contribution < -0.4 is 4.90 Å². The summed E-state index contributed by atoms with van der Waals surface area (Å²) in [5, 5.41) is 11.0. The number of anilines is 1. The van der Waals surface area contributed by atoms with E-state index in [-0.39, 0.29) is 22.8 Å². The van der Waals surface area contributed by atoms with Crippen molar-refractivity contribution in [3.05, 3.63) is 105 Å². The molecule has 0 atom stereocenters. The Hall–Kier alpha value is -3.58. The van der Waals surface area contributed by atoms with Crippen LogP contribution in [0.4, 0.5) is 15.8 Å². The largest absolute Gasteiger partial charge is 0.307 e. The first-order valence-corrected chi connectivity index (χ1v) is 11.6. The fourth-order valence-electron chi connectivity index (χ4n) is 5.27. The number of nitro benzene ring substituents is 1. The predicted octanol–water partition coefficient (Wildman–Crippen LogP) is 4.97. The van der Waals surface area contributed by atoms with Crippen LogP contribution in [-0.2, 0) is 11.8 Å². The minimum atomic E-state index is -0.483. The number of nitro groups is 1. The molecule has 0 radical (unpaired) electrons. The van der Waals surface area contributed by atoms with Crippen LogP contribution in [0.5, 0.6) is 0 Å². The third-order valence-corrected chi connectivity index (χ3v) is 7.22. The summed E-state index contributed by atoms with van der Waals surface area (Å²) >= 11 is 0. The lowest BCUT2D eigenvalue weighted by Gasteiger charge is -2.40. The lowest BCUT2D eigenvalue weighted by molar-refractivity contribution is -0.384. The van der Waals surface area contributed by atoms with E-state index in [0.29, 0.717) is 12.1 Å². The Morgan fingerprint density at radius 1 is 1.00 bits per heavy atom. The molecule has 1 fully saturated rings. The first-order valence-electron chi connectivity index (χ1n) is 11.6. The van der Waals surface area contributed by atoms with Gasteiger partial charge in [-0.15, -0.1) is 0 Å². The molecule has 1 spiro atoms. The van der Waals surface area contributed by atoms with Crippen molar-refractivity contribution >= 4 is 17.3 Å². The van der Waals surface area contributed by atoms with Crippen molar-refractivity contribution in [3.63, 3.8) is 0 Å². The normalized spacial score (nSPS) is 17.0. The number of non-ortho nitro benzene ring substituents is 1. The zero-order valence-corrected chi connectivity index (χ0v) is 18.8. The SMILES string of the molecule is O=C(c1ccc([N+](=O)[O-])cc1)N1CC2(CCN(CCc3ccccc3)CC2)c2cc(F)ccc21. The van der Waals surface area contributed by atoms with Gasteiger partial charge in [0.2, 0.25) is 0 Å². The number of amides is 1. The molecule has 1 saturated heterocycles. The number of carbonyl (C=O) groups is 1. The number of hydrogen-bond donors (Lipinski definition) is 0. The first-order chi connectivity index (χ1) is 16.4. The molecule has 0 saturated carbocycles. The number of halogens is 1. The minimum Gasteiger partial charge on any atom is -0.307 e. The number of benzene rings is 3. The third-order valence-electron chi connectivity index (χ3n) is 7.22. The second-order valence-corrected chi connectivity index (χ2v) is 9.21. The van der Waals surface area contributed by atoms with Crippen molar-refractivity contribution in [1.29, 1.82) is 0 Å². The minimum absolute atomic E-state index is 0.0558. The van der Waals surface area contributed by atoms with E-state index in [0.717, 1.165) is 50.1 Å². The number of nitrogens with zero attached hydrogens (tertiary/aromatic N) is 3. The number of likely N-dealkylation sites (tertiary alicyclic amines) is 1. The predicted molar refractivity (Wildman–Crippen MR) is 129 cm³/mol. The van der Waals surface area contributed by atoms with E-state index in [1.807, 2.05) is 6.07 Å². The van der Waals surface area contributed by atoms with Gasteiger partial charge in [-0.1, -0.05) is 30.3 Å². The van der Waals surface area contributed by atoms with Crippen LogP contribution in [0.15, 0.2) is 72.8 Å². The van der Waals surface area contributed by atoms with E-state index >= 15 is 0 Å². The van der Waals surface area contributed by atoms with E-state index in [9.17, 15) is 19.3 Å². The fourth-order valence-corrected chi connectivity index (χ4v) is 5.27. The molecule has 7 heteroatoms. The highest BCUT2D eigenvalue weighted by Crippen LogP contribution is 2.47. The molecule has 2 heterocycles. The Morgan fingerprint density at radius 2 is 1.71 bits per heavy atom.